The van der Waals surface area contributed by atoms with Crippen molar-refractivity contribution in [2.75, 3.05) is 19.6 Å². The number of fused-ring (bicyclic) bond motifs is 1. The smallest absolute Gasteiger partial charge is 0.287 e. The minimum atomic E-state index is -0.408. The highest BCUT2D eigenvalue weighted by Gasteiger charge is 2.26. The number of halogens is 1. The van der Waals surface area contributed by atoms with Gasteiger partial charge in [-0.1, -0.05) is 22.4 Å². The molecule has 29 heavy (non-hydrogen) atoms. The topological polar surface area (TPSA) is 75.7 Å². The van der Waals surface area contributed by atoms with Gasteiger partial charge in [-0.15, -0.1) is 0 Å². The van der Waals surface area contributed by atoms with Gasteiger partial charge in [0.2, 0.25) is 0 Å². The Morgan fingerprint density at radius 2 is 1.93 bits per heavy atom. The van der Waals surface area contributed by atoms with E-state index in [4.69, 9.17) is 8.83 Å². The number of rotatable bonds is 5. The Labute approximate surface area is 177 Å². The van der Waals surface area contributed by atoms with Crippen LogP contribution in [0.2, 0.25) is 0 Å². The summed E-state index contributed by atoms with van der Waals surface area (Å²) in [6.45, 7) is 4.24. The Kier molecular flexibility index (Phi) is 5.87. The van der Waals surface area contributed by atoms with Crippen molar-refractivity contribution in [3.63, 3.8) is 0 Å². The van der Waals surface area contributed by atoms with Crippen molar-refractivity contribution >= 4 is 32.8 Å². The van der Waals surface area contributed by atoms with E-state index in [0.29, 0.717) is 17.5 Å². The Morgan fingerprint density at radius 3 is 2.66 bits per heavy atom. The predicted molar refractivity (Wildman–Crippen MR) is 114 cm³/mol. The first-order valence-electron chi connectivity index (χ1n) is 9.83. The average molecular weight is 459 g/mol. The van der Waals surface area contributed by atoms with Gasteiger partial charge in [-0.2, -0.15) is 0 Å². The van der Waals surface area contributed by atoms with Crippen LogP contribution in [0.15, 0.2) is 54.5 Å². The van der Waals surface area contributed by atoms with Crippen LogP contribution >= 0.6 is 15.9 Å². The second-order valence-corrected chi connectivity index (χ2v) is 8.30. The molecule has 3 heterocycles. The fraction of sp³-hybridized carbons (Fsp3) is 0.364. The molecule has 0 bridgehead atoms. The Bertz CT molecular complexity index is 1080. The van der Waals surface area contributed by atoms with Gasteiger partial charge in [0, 0.05) is 17.1 Å². The molecule has 1 atom stereocenters. The van der Waals surface area contributed by atoms with E-state index in [2.05, 4.69) is 26.1 Å². The van der Waals surface area contributed by atoms with Crippen molar-refractivity contribution in [1.29, 1.82) is 0 Å². The molecule has 3 aromatic rings. The minimum Gasteiger partial charge on any atom is -0.465 e. The molecule has 0 radical (unpaired) electrons. The van der Waals surface area contributed by atoms with Crippen LogP contribution in [0.1, 0.15) is 47.4 Å². The largest absolute Gasteiger partial charge is 0.465 e. The van der Waals surface area contributed by atoms with E-state index in [0.717, 1.165) is 41.9 Å². The Hall–Kier alpha value is -2.38. The summed E-state index contributed by atoms with van der Waals surface area (Å²) in [5.74, 6) is 1.29. The standard InChI is InChI=1S/C22H23BrN2O4/c1-14-5-8-19(28-14)17(25-9-3-2-4-10-25)13-24-22(27)21-12-18(26)16-7-6-15(23)11-20(16)29-21/h5-8,11-12,17H,2-4,9-10,13H2,1H3,(H,24,27)/t17-/m0/s1. The lowest BCUT2D eigenvalue weighted by Gasteiger charge is -2.33. The molecule has 1 amide bonds. The molecule has 0 saturated carbocycles. The number of aryl methyl sites for hydroxylation is 1. The Balaban J connectivity index is 1.54. The zero-order chi connectivity index (χ0) is 20.4. The number of benzene rings is 1. The molecule has 1 aliphatic heterocycles. The lowest BCUT2D eigenvalue weighted by atomic mass is 10.1. The number of nitrogens with one attached hydrogen (secondary N) is 1. The van der Waals surface area contributed by atoms with Gasteiger partial charge in [-0.3, -0.25) is 14.5 Å². The quantitative estimate of drug-likeness (QED) is 0.612. The summed E-state index contributed by atoms with van der Waals surface area (Å²) in [5.41, 5.74) is 0.143. The molecule has 7 heteroatoms. The minimum absolute atomic E-state index is 0.00798. The maximum absolute atomic E-state index is 12.7. The number of piperidine rings is 1. The van der Waals surface area contributed by atoms with Crippen LogP contribution in [0.4, 0.5) is 0 Å². The first-order valence-corrected chi connectivity index (χ1v) is 10.6. The normalized spacial score (nSPS) is 16.1. The van der Waals surface area contributed by atoms with Gasteiger partial charge < -0.3 is 14.2 Å². The molecule has 2 aromatic heterocycles. The highest BCUT2D eigenvalue weighted by atomic mass is 79.9. The van der Waals surface area contributed by atoms with Crippen molar-refractivity contribution < 1.29 is 13.6 Å². The number of carbonyl (C=O) groups is 1. The van der Waals surface area contributed by atoms with E-state index in [1.165, 1.54) is 12.5 Å². The maximum atomic E-state index is 12.7. The fourth-order valence-electron chi connectivity index (χ4n) is 3.79. The summed E-state index contributed by atoms with van der Waals surface area (Å²) in [6.07, 6.45) is 3.50. The summed E-state index contributed by atoms with van der Waals surface area (Å²) < 4.78 is 12.3. The van der Waals surface area contributed by atoms with Crippen LogP contribution in [0, 0.1) is 6.92 Å². The number of carbonyl (C=O) groups excluding carboxylic acids is 1. The number of nitrogens with zero attached hydrogens (tertiary/aromatic N) is 1. The van der Waals surface area contributed by atoms with Gasteiger partial charge in [0.25, 0.3) is 5.91 Å². The third-order valence-electron chi connectivity index (χ3n) is 5.29. The van der Waals surface area contributed by atoms with Crippen molar-refractivity contribution in [2.45, 2.75) is 32.2 Å². The highest BCUT2D eigenvalue weighted by Crippen LogP contribution is 2.26. The summed E-state index contributed by atoms with van der Waals surface area (Å²) in [6, 6.07) is 10.2. The number of hydrogen-bond donors (Lipinski definition) is 1. The van der Waals surface area contributed by atoms with E-state index in [9.17, 15) is 9.59 Å². The van der Waals surface area contributed by atoms with Crippen molar-refractivity contribution in [3.8, 4) is 0 Å². The SMILES string of the molecule is Cc1ccc([C@H](CNC(=O)c2cc(=O)c3ccc(Br)cc3o2)N2CCCCC2)o1. The third-order valence-corrected chi connectivity index (χ3v) is 5.79. The van der Waals surface area contributed by atoms with Crippen LogP contribution in [0.25, 0.3) is 11.0 Å². The molecular weight excluding hydrogens is 436 g/mol. The van der Waals surface area contributed by atoms with Gasteiger partial charge in [-0.25, -0.2) is 0 Å². The molecule has 4 rings (SSSR count). The van der Waals surface area contributed by atoms with E-state index in [1.54, 1.807) is 18.2 Å². The van der Waals surface area contributed by atoms with Gasteiger partial charge in [0.15, 0.2) is 11.2 Å². The molecule has 0 unspecified atom stereocenters. The van der Waals surface area contributed by atoms with E-state index >= 15 is 0 Å². The monoisotopic (exact) mass is 458 g/mol. The Morgan fingerprint density at radius 1 is 1.14 bits per heavy atom. The van der Waals surface area contributed by atoms with Crippen LogP contribution in [0.5, 0.6) is 0 Å². The lowest BCUT2D eigenvalue weighted by Crippen LogP contribution is -2.40. The summed E-state index contributed by atoms with van der Waals surface area (Å²) in [4.78, 5) is 27.4. The number of likely N-dealkylation sites (tertiary alicyclic amines) is 1. The maximum Gasteiger partial charge on any atom is 0.287 e. The first-order chi connectivity index (χ1) is 14.0. The van der Waals surface area contributed by atoms with Gasteiger partial charge in [0.05, 0.1) is 11.4 Å². The summed E-state index contributed by atoms with van der Waals surface area (Å²) in [5, 5.41) is 3.37. The molecule has 6 nitrogen and oxygen atoms in total. The van der Waals surface area contributed by atoms with Crippen LogP contribution in [0.3, 0.4) is 0 Å². The van der Waals surface area contributed by atoms with Gasteiger partial charge in [-0.05, 0) is 63.2 Å². The first kappa shape index (κ1) is 19.9. The van der Waals surface area contributed by atoms with Crippen molar-refractivity contribution in [2.24, 2.45) is 0 Å². The molecule has 1 N–H and O–H groups in total. The predicted octanol–water partition coefficient (Wildman–Crippen LogP) is 4.41. The third kappa shape index (κ3) is 4.46. The summed E-state index contributed by atoms with van der Waals surface area (Å²) in [7, 11) is 0. The molecule has 1 aliphatic rings. The van der Waals surface area contributed by atoms with E-state index in [1.807, 2.05) is 19.1 Å². The molecule has 0 aliphatic carbocycles. The zero-order valence-electron chi connectivity index (χ0n) is 16.2. The number of amides is 1. The number of furan rings is 1. The highest BCUT2D eigenvalue weighted by molar-refractivity contribution is 9.10. The van der Waals surface area contributed by atoms with E-state index in [-0.39, 0.29) is 17.2 Å². The molecular formula is C22H23BrN2O4. The van der Waals surface area contributed by atoms with Crippen molar-refractivity contribution in [1.82, 2.24) is 10.2 Å². The lowest BCUT2D eigenvalue weighted by molar-refractivity contribution is 0.0887. The van der Waals surface area contributed by atoms with Crippen LogP contribution in [-0.4, -0.2) is 30.4 Å². The fourth-order valence-corrected chi connectivity index (χ4v) is 4.13. The molecule has 1 saturated heterocycles. The van der Waals surface area contributed by atoms with Crippen LogP contribution in [-0.2, 0) is 0 Å². The molecule has 1 fully saturated rings. The second-order valence-electron chi connectivity index (χ2n) is 7.39. The van der Waals surface area contributed by atoms with E-state index < -0.39 is 5.91 Å². The molecule has 1 aromatic carbocycles. The number of hydrogen-bond acceptors (Lipinski definition) is 5. The van der Waals surface area contributed by atoms with Crippen molar-refractivity contribution in [3.05, 3.63) is 68.4 Å². The molecule has 152 valence electrons. The van der Waals surface area contributed by atoms with Crippen LogP contribution < -0.4 is 10.7 Å². The summed E-state index contributed by atoms with van der Waals surface area (Å²) >= 11 is 3.36. The molecule has 0 spiro atoms. The van der Waals surface area contributed by atoms with Gasteiger partial charge in [0.1, 0.15) is 17.1 Å². The van der Waals surface area contributed by atoms with Gasteiger partial charge >= 0.3 is 0 Å². The second kappa shape index (κ2) is 8.55. The zero-order valence-corrected chi connectivity index (χ0v) is 17.8. The average Bonchev–Trinajstić information content (AvgIpc) is 3.14.